The van der Waals surface area contributed by atoms with Gasteiger partial charge in [-0.3, -0.25) is 9.79 Å². The second kappa shape index (κ2) is 10.8. The molecule has 162 valence electrons. The van der Waals surface area contributed by atoms with Gasteiger partial charge < -0.3 is 5.32 Å². The maximum atomic E-state index is 12.4. The smallest absolute Gasteiger partial charge is 0.230 e. The van der Waals surface area contributed by atoms with Crippen molar-refractivity contribution in [2.24, 2.45) is 9.98 Å². The Labute approximate surface area is 201 Å². The van der Waals surface area contributed by atoms with E-state index in [0.29, 0.717) is 28.8 Å². The summed E-state index contributed by atoms with van der Waals surface area (Å²) in [6.45, 7) is 0.575. The Morgan fingerprint density at radius 1 is 0.906 bits per heavy atom. The minimum atomic E-state index is -0.0227. The van der Waals surface area contributed by atoms with Crippen LogP contribution in [-0.2, 0) is 11.2 Å². The molecule has 0 atom stereocenters. The number of aliphatic imine (C=N–C) groups is 2. The highest BCUT2D eigenvalue weighted by molar-refractivity contribution is 8.14. The molecule has 0 saturated heterocycles. The lowest BCUT2D eigenvalue weighted by Gasteiger charge is -2.09. The third-order valence-electron chi connectivity index (χ3n) is 4.88. The number of carbonyl (C=O) groups is 1. The first-order valence-corrected chi connectivity index (χ1v) is 11.9. The van der Waals surface area contributed by atoms with Gasteiger partial charge in [0.2, 0.25) is 5.91 Å². The summed E-state index contributed by atoms with van der Waals surface area (Å²) in [5, 5.41) is 5.19. The molecule has 0 fully saturated rings. The number of thioether (sulfide) groups is 1. The van der Waals surface area contributed by atoms with Gasteiger partial charge in [0.1, 0.15) is 0 Å². The van der Waals surface area contributed by atoms with Gasteiger partial charge in [-0.05, 0) is 53.9 Å². The van der Waals surface area contributed by atoms with E-state index in [-0.39, 0.29) is 5.91 Å². The minimum Gasteiger partial charge on any atom is -0.355 e. The highest BCUT2D eigenvalue weighted by atomic mass is 35.5. The monoisotopic (exact) mass is 481 g/mol. The molecule has 3 aromatic carbocycles. The van der Waals surface area contributed by atoms with E-state index in [9.17, 15) is 4.79 Å². The number of para-hydroxylation sites is 2. The zero-order valence-corrected chi connectivity index (χ0v) is 19.6. The van der Waals surface area contributed by atoms with E-state index in [1.165, 1.54) is 11.8 Å². The van der Waals surface area contributed by atoms with Crippen LogP contribution < -0.4 is 5.32 Å². The number of nitrogens with zero attached hydrogens (tertiary/aromatic N) is 2. The fraction of sp³-hybridized carbons (Fsp3) is 0.160. The van der Waals surface area contributed by atoms with E-state index >= 15 is 0 Å². The van der Waals surface area contributed by atoms with Gasteiger partial charge in [0.15, 0.2) is 0 Å². The Morgan fingerprint density at radius 2 is 1.66 bits per heavy atom. The first-order valence-electron chi connectivity index (χ1n) is 10.2. The Bertz CT molecular complexity index is 1180. The van der Waals surface area contributed by atoms with E-state index in [0.717, 1.165) is 39.7 Å². The third-order valence-corrected chi connectivity index (χ3v) is 6.34. The van der Waals surface area contributed by atoms with Crippen molar-refractivity contribution in [3.63, 3.8) is 0 Å². The van der Waals surface area contributed by atoms with Crippen LogP contribution in [0.3, 0.4) is 0 Å². The quantitative estimate of drug-likeness (QED) is 0.428. The molecule has 0 aromatic heterocycles. The molecule has 4 nitrogen and oxygen atoms in total. The topological polar surface area (TPSA) is 53.8 Å². The molecule has 4 rings (SSSR count). The predicted molar refractivity (Wildman–Crippen MR) is 136 cm³/mol. The van der Waals surface area contributed by atoms with Crippen molar-refractivity contribution in [2.45, 2.75) is 12.8 Å². The van der Waals surface area contributed by atoms with Crippen molar-refractivity contribution in [1.29, 1.82) is 0 Å². The van der Waals surface area contributed by atoms with Gasteiger partial charge in [-0.25, -0.2) is 4.99 Å². The molecule has 0 radical (unpaired) electrons. The standard InChI is InChI=1S/C25H21Cl2N3OS/c26-19-10-8-17(9-11-19)12-13-28-24(31)16-32-25-15-23(18-4-3-5-20(27)14-18)29-21-6-1-2-7-22(21)30-25/h1-11,14H,12-13,15-16H2,(H,28,31). The van der Waals surface area contributed by atoms with Crippen molar-refractivity contribution >= 4 is 63.0 Å². The molecule has 1 heterocycles. The van der Waals surface area contributed by atoms with Gasteiger partial charge in [0.25, 0.3) is 0 Å². The third kappa shape index (κ3) is 6.22. The van der Waals surface area contributed by atoms with Crippen LogP contribution in [0.15, 0.2) is 82.8 Å². The number of carbonyl (C=O) groups excluding carboxylic acids is 1. The van der Waals surface area contributed by atoms with Crippen molar-refractivity contribution in [2.75, 3.05) is 12.3 Å². The molecular formula is C25H21Cl2N3OS. The van der Waals surface area contributed by atoms with Gasteiger partial charge in [-0.1, -0.05) is 59.6 Å². The molecular weight excluding hydrogens is 461 g/mol. The number of benzene rings is 3. The summed E-state index contributed by atoms with van der Waals surface area (Å²) in [4.78, 5) is 22.0. The average molecular weight is 482 g/mol. The van der Waals surface area contributed by atoms with Crippen LogP contribution in [-0.4, -0.2) is 29.0 Å². The summed E-state index contributed by atoms with van der Waals surface area (Å²) < 4.78 is 0. The van der Waals surface area contributed by atoms with E-state index in [1.54, 1.807) is 0 Å². The molecule has 1 aliphatic heterocycles. The van der Waals surface area contributed by atoms with Crippen LogP contribution >= 0.6 is 35.0 Å². The van der Waals surface area contributed by atoms with E-state index in [2.05, 4.69) is 5.32 Å². The lowest BCUT2D eigenvalue weighted by atomic mass is 10.1. The molecule has 0 bridgehead atoms. The number of hydrogen-bond donors (Lipinski definition) is 1. The minimum absolute atomic E-state index is 0.0227. The second-order valence-corrected chi connectivity index (χ2v) is 9.18. The van der Waals surface area contributed by atoms with Gasteiger partial charge in [0.05, 0.1) is 27.9 Å². The fourth-order valence-electron chi connectivity index (χ4n) is 3.27. The summed E-state index contributed by atoms with van der Waals surface area (Å²) in [5.74, 6) is 0.273. The molecule has 0 aliphatic carbocycles. The molecule has 0 unspecified atom stereocenters. The molecule has 32 heavy (non-hydrogen) atoms. The van der Waals surface area contributed by atoms with Crippen molar-refractivity contribution in [3.05, 3.63) is 94.0 Å². The summed E-state index contributed by atoms with van der Waals surface area (Å²) in [6, 6.07) is 23.1. The largest absolute Gasteiger partial charge is 0.355 e. The number of hydrogen-bond acceptors (Lipinski definition) is 4. The number of rotatable bonds is 6. The van der Waals surface area contributed by atoms with Gasteiger partial charge >= 0.3 is 0 Å². The number of nitrogens with one attached hydrogen (secondary N) is 1. The molecule has 1 N–H and O–H groups in total. The van der Waals surface area contributed by atoms with Gasteiger partial charge in [0, 0.05) is 23.0 Å². The Balaban J connectivity index is 1.40. The molecule has 1 aliphatic rings. The first kappa shape index (κ1) is 22.6. The van der Waals surface area contributed by atoms with Crippen LogP contribution in [0.2, 0.25) is 10.0 Å². The van der Waals surface area contributed by atoms with Crippen molar-refractivity contribution < 1.29 is 4.79 Å². The van der Waals surface area contributed by atoms with Crippen molar-refractivity contribution in [3.8, 4) is 0 Å². The normalized spacial score (nSPS) is 12.9. The maximum Gasteiger partial charge on any atom is 0.230 e. The summed E-state index contributed by atoms with van der Waals surface area (Å²) in [7, 11) is 0. The number of amides is 1. The first-order chi connectivity index (χ1) is 15.6. The summed E-state index contributed by atoms with van der Waals surface area (Å²) >= 11 is 13.5. The summed E-state index contributed by atoms with van der Waals surface area (Å²) in [6.07, 6.45) is 1.30. The van der Waals surface area contributed by atoms with Crippen LogP contribution in [0, 0.1) is 0 Å². The predicted octanol–water partition coefficient (Wildman–Crippen LogP) is 6.64. The van der Waals surface area contributed by atoms with Gasteiger partial charge in [-0.2, -0.15) is 0 Å². The Kier molecular flexibility index (Phi) is 7.63. The average Bonchev–Trinajstić information content (AvgIpc) is 2.98. The molecule has 0 saturated carbocycles. The van der Waals surface area contributed by atoms with Crippen LogP contribution in [0.5, 0.6) is 0 Å². The number of fused-ring (bicyclic) bond motifs is 1. The highest BCUT2D eigenvalue weighted by Crippen LogP contribution is 2.33. The Morgan fingerprint density at radius 3 is 2.41 bits per heavy atom. The fourth-order valence-corrected chi connectivity index (χ4v) is 4.39. The van der Waals surface area contributed by atoms with Crippen molar-refractivity contribution in [1.82, 2.24) is 5.32 Å². The molecule has 7 heteroatoms. The van der Waals surface area contributed by atoms with Crippen LogP contribution in [0.4, 0.5) is 11.4 Å². The summed E-state index contributed by atoms with van der Waals surface area (Å²) in [5.41, 5.74) is 4.58. The molecule has 0 spiro atoms. The van der Waals surface area contributed by atoms with Crippen LogP contribution in [0.1, 0.15) is 17.5 Å². The van der Waals surface area contributed by atoms with E-state index in [4.69, 9.17) is 33.2 Å². The Hall–Kier alpha value is -2.60. The second-order valence-electron chi connectivity index (χ2n) is 7.25. The highest BCUT2D eigenvalue weighted by Gasteiger charge is 2.16. The van der Waals surface area contributed by atoms with E-state index in [1.807, 2.05) is 72.8 Å². The zero-order chi connectivity index (χ0) is 22.3. The maximum absolute atomic E-state index is 12.4. The van der Waals surface area contributed by atoms with Crippen LogP contribution in [0.25, 0.3) is 0 Å². The lowest BCUT2D eigenvalue weighted by Crippen LogP contribution is -2.27. The zero-order valence-electron chi connectivity index (χ0n) is 17.2. The number of halogens is 2. The SMILES string of the molecule is O=C(CSC1=Nc2ccccc2N=C(c2cccc(Cl)c2)C1)NCCc1ccc(Cl)cc1. The van der Waals surface area contributed by atoms with E-state index < -0.39 is 0 Å². The van der Waals surface area contributed by atoms with Gasteiger partial charge in [-0.15, -0.1) is 11.8 Å². The lowest BCUT2D eigenvalue weighted by molar-refractivity contribution is -0.118. The molecule has 1 amide bonds. The molecule has 3 aromatic rings.